The summed E-state index contributed by atoms with van der Waals surface area (Å²) in [7, 11) is 0. The van der Waals surface area contributed by atoms with E-state index in [2.05, 4.69) is 26.2 Å². The zero-order valence-corrected chi connectivity index (χ0v) is 11.9. The minimum atomic E-state index is -0.459. The minimum Gasteiger partial charge on any atom is -0.444 e. The SMILES string of the molecule is CC(C)(C)OC(=O)NCCc1cnccc1Br. The van der Waals surface area contributed by atoms with Gasteiger partial charge in [-0.15, -0.1) is 0 Å². The van der Waals surface area contributed by atoms with Gasteiger partial charge < -0.3 is 10.1 Å². The molecule has 1 aromatic heterocycles. The van der Waals surface area contributed by atoms with Crippen molar-refractivity contribution in [1.29, 1.82) is 0 Å². The topological polar surface area (TPSA) is 51.2 Å². The number of pyridine rings is 1. The summed E-state index contributed by atoms with van der Waals surface area (Å²) in [5.41, 5.74) is 0.599. The number of carbonyl (C=O) groups is 1. The molecule has 4 nitrogen and oxygen atoms in total. The Morgan fingerprint density at radius 1 is 1.53 bits per heavy atom. The number of alkyl carbamates (subject to hydrolysis) is 1. The van der Waals surface area contributed by atoms with Crippen molar-refractivity contribution in [3.63, 3.8) is 0 Å². The monoisotopic (exact) mass is 300 g/mol. The maximum absolute atomic E-state index is 11.4. The van der Waals surface area contributed by atoms with Crippen LogP contribution in [0, 0.1) is 0 Å². The third-order valence-corrected chi connectivity index (χ3v) is 2.68. The summed E-state index contributed by atoms with van der Waals surface area (Å²) < 4.78 is 6.13. The summed E-state index contributed by atoms with van der Waals surface area (Å²) in [6.07, 6.45) is 3.82. The van der Waals surface area contributed by atoms with Crippen LogP contribution in [0.5, 0.6) is 0 Å². The van der Waals surface area contributed by atoms with Gasteiger partial charge in [0.25, 0.3) is 0 Å². The zero-order chi connectivity index (χ0) is 12.9. The molecule has 0 aromatic carbocycles. The number of nitrogens with zero attached hydrogens (tertiary/aromatic N) is 1. The van der Waals surface area contributed by atoms with Crippen molar-refractivity contribution in [2.75, 3.05) is 6.54 Å². The molecule has 0 radical (unpaired) electrons. The molecule has 0 aliphatic rings. The summed E-state index contributed by atoms with van der Waals surface area (Å²) in [4.78, 5) is 15.4. The van der Waals surface area contributed by atoms with Gasteiger partial charge in [-0.05, 0) is 38.8 Å². The van der Waals surface area contributed by atoms with Crippen LogP contribution in [0.1, 0.15) is 26.3 Å². The highest BCUT2D eigenvalue weighted by Crippen LogP contribution is 2.14. The lowest BCUT2D eigenvalue weighted by atomic mass is 10.2. The van der Waals surface area contributed by atoms with E-state index < -0.39 is 11.7 Å². The summed E-state index contributed by atoms with van der Waals surface area (Å²) >= 11 is 3.43. The van der Waals surface area contributed by atoms with E-state index in [0.717, 1.165) is 10.0 Å². The molecular weight excluding hydrogens is 284 g/mol. The predicted octanol–water partition coefficient (Wildman–Crippen LogP) is 2.91. The van der Waals surface area contributed by atoms with Crippen LogP contribution in [0.3, 0.4) is 0 Å². The molecule has 0 spiro atoms. The number of halogens is 1. The molecule has 1 amide bonds. The van der Waals surface area contributed by atoms with Crippen molar-refractivity contribution < 1.29 is 9.53 Å². The van der Waals surface area contributed by atoms with E-state index in [0.29, 0.717) is 13.0 Å². The Morgan fingerprint density at radius 2 is 2.24 bits per heavy atom. The second-order valence-corrected chi connectivity index (χ2v) is 5.50. The molecule has 1 heterocycles. The van der Waals surface area contributed by atoms with Crippen LogP contribution in [-0.2, 0) is 11.2 Å². The lowest BCUT2D eigenvalue weighted by Gasteiger charge is -2.19. The molecule has 17 heavy (non-hydrogen) atoms. The molecule has 1 aromatic rings. The highest BCUT2D eigenvalue weighted by molar-refractivity contribution is 9.10. The molecule has 0 unspecified atom stereocenters. The molecule has 0 saturated heterocycles. The summed E-state index contributed by atoms with van der Waals surface area (Å²) in [6, 6.07) is 1.88. The molecular formula is C12H17BrN2O2. The molecule has 0 saturated carbocycles. The van der Waals surface area contributed by atoms with Gasteiger partial charge in [0.1, 0.15) is 5.60 Å². The van der Waals surface area contributed by atoms with Crippen LogP contribution in [0.2, 0.25) is 0 Å². The van der Waals surface area contributed by atoms with Gasteiger partial charge in [0.15, 0.2) is 0 Å². The molecule has 94 valence electrons. The van der Waals surface area contributed by atoms with Crippen LogP contribution < -0.4 is 5.32 Å². The first-order chi connectivity index (χ1) is 7.88. The van der Waals surface area contributed by atoms with Gasteiger partial charge in [-0.3, -0.25) is 4.98 Å². The predicted molar refractivity (Wildman–Crippen MR) is 69.9 cm³/mol. The lowest BCUT2D eigenvalue weighted by Crippen LogP contribution is -2.33. The maximum atomic E-state index is 11.4. The Hall–Kier alpha value is -1.10. The minimum absolute atomic E-state index is 0.391. The standard InChI is InChI=1S/C12H17BrN2O2/c1-12(2,3)17-11(16)15-7-4-9-8-14-6-5-10(9)13/h5-6,8H,4,7H2,1-3H3,(H,15,16). The van der Waals surface area contributed by atoms with Gasteiger partial charge in [0.2, 0.25) is 0 Å². The molecule has 0 fully saturated rings. The second-order valence-electron chi connectivity index (χ2n) is 4.65. The molecule has 5 heteroatoms. The Balaban J connectivity index is 2.34. The average Bonchev–Trinajstić information content (AvgIpc) is 2.18. The van der Waals surface area contributed by atoms with Crippen molar-refractivity contribution in [3.05, 3.63) is 28.5 Å². The van der Waals surface area contributed by atoms with Gasteiger partial charge in [0.05, 0.1) is 0 Å². The van der Waals surface area contributed by atoms with Crippen molar-refractivity contribution in [2.24, 2.45) is 0 Å². The van der Waals surface area contributed by atoms with Gasteiger partial charge in [0, 0.05) is 23.4 Å². The van der Waals surface area contributed by atoms with Gasteiger partial charge in [-0.1, -0.05) is 15.9 Å². The van der Waals surface area contributed by atoms with Crippen LogP contribution in [0.25, 0.3) is 0 Å². The third-order valence-electron chi connectivity index (χ3n) is 1.91. The van der Waals surface area contributed by atoms with Gasteiger partial charge >= 0.3 is 6.09 Å². The first-order valence-electron chi connectivity index (χ1n) is 5.44. The number of carbonyl (C=O) groups excluding carboxylic acids is 1. The quantitative estimate of drug-likeness (QED) is 0.934. The number of nitrogens with one attached hydrogen (secondary N) is 1. The molecule has 1 rings (SSSR count). The Bertz CT molecular complexity index is 388. The Morgan fingerprint density at radius 3 is 2.82 bits per heavy atom. The van der Waals surface area contributed by atoms with E-state index >= 15 is 0 Å². The van der Waals surface area contributed by atoms with Gasteiger partial charge in [-0.2, -0.15) is 0 Å². The smallest absolute Gasteiger partial charge is 0.407 e. The van der Waals surface area contributed by atoms with Crippen LogP contribution in [-0.4, -0.2) is 23.2 Å². The van der Waals surface area contributed by atoms with Crippen LogP contribution in [0.15, 0.2) is 22.9 Å². The number of aromatic nitrogens is 1. The van der Waals surface area contributed by atoms with Crippen LogP contribution >= 0.6 is 15.9 Å². The molecule has 0 bridgehead atoms. The fourth-order valence-corrected chi connectivity index (χ4v) is 1.63. The van der Waals surface area contributed by atoms with Crippen molar-refractivity contribution in [3.8, 4) is 0 Å². The third kappa shape index (κ3) is 5.68. The van der Waals surface area contributed by atoms with Crippen molar-refractivity contribution in [2.45, 2.75) is 32.8 Å². The number of amides is 1. The Kier molecular flexibility index (Phi) is 4.93. The summed E-state index contributed by atoms with van der Waals surface area (Å²) in [5, 5.41) is 2.71. The van der Waals surface area contributed by atoms with E-state index in [-0.39, 0.29) is 0 Å². The van der Waals surface area contributed by atoms with E-state index in [9.17, 15) is 4.79 Å². The average molecular weight is 301 g/mol. The van der Waals surface area contributed by atoms with Crippen molar-refractivity contribution in [1.82, 2.24) is 10.3 Å². The fraction of sp³-hybridized carbons (Fsp3) is 0.500. The van der Waals surface area contributed by atoms with E-state index in [1.807, 2.05) is 26.8 Å². The second kappa shape index (κ2) is 6.00. The fourth-order valence-electron chi connectivity index (χ4n) is 1.21. The van der Waals surface area contributed by atoms with Gasteiger partial charge in [-0.25, -0.2) is 4.79 Å². The largest absolute Gasteiger partial charge is 0.444 e. The number of hydrogen-bond donors (Lipinski definition) is 1. The number of rotatable bonds is 3. The normalized spacial score (nSPS) is 11.1. The molecule has 0 atom stereocenters. The Labute approximate surface area is 110 Å². The van der Waals surface area contributed by atoms with Crippen molar-refractivity contribution >= 4 is 22.0 Å². The first kappa shape index (κ1) is 14.0. The lowest BCUT2D eigenvalue weighted by molar-refractivity contribution is 0.0528. The number of ether oxygens (including phenoxy) is 1. The highest BCUT2D eigenvalue weighted by Gasteiger charge is 2.15. The van der Waals surface area contributed by atoms with E-state index in [1.165, 1.54) is 0 Å². The molecule has 1 N–H and O–H groups in total. The summed E-state index contributed by atoms with van der Waals surface area (Å²) in [5.74, 6) is 0. The molecule has 0 aliphatic heterocycles. The molecule has 0 aliphatic carbocycles. The maximum Gasteiger partial charge on any atom is 0.407 e. The first-order valence-corrected chi connectivity index (χ1v) is 6.23. The highest BCUT2D eigenvalue weighted by atomic mass is 79.9. The summed E-state index contributed by atoms with van der Waals surface area (Å²) in [6.45, 7) is 6.04. The van der Waals surface area contributed by atoms with E-state index in [4.69, 9.17) is 4.74 Å². The number of hydrogen-bond acceptors (Lipinski definition) is 3. The van der Waals surface area contributed by atoms with E-state index in [1.54, 1.807) is 12.4 Å². The van der Waals surface area contributed by atoms with Crippen LogP contribution in [0.4, 0.5) is 4.79 Å². The zero-order valence-electron chi connectivity index (χ0n) is 10.3.